The number of rotatable bonds is 0. The molecule has 1 rings (SSSR count). The second-order valence-corrected chi connectivity index (χ2v) is 3.71. The molecule has 0 aliphatic rings. The minimum atomic E-state index is -0.0160. The summed E-state index contributed by atoms with van der Waals surface area (Å²) in [6.07, 6.45) is 5.15. The van der Waals surface area contributed by atoms with Gasteiger partial charge in [-0.05, 0) is 12.1 Å². The zero-order chi connectivity index (χ0) is 12.3. The molecule has 80 valence electrons. The van der Waals surface area contributed by atoms with Crippen LogP contribution >= 0.6 is 23.2 Å². The Morgan fingerprint density at radius 2 is 1.56 bits per heavy atom. The van der Waals surface area contributed by atoms with E-state index in [9.17, 15) is 0 Å². The van der Waals surface area contributed by atoms with Crippen molar-refractivity contribution in [1.29, 1.82) is 5.26 Å². The van der Waals surface area contributed by atoms with Crippen molar-refractivity contribution in [2.45, 2.75) is 0 Å². The molecule has 0 aliphatic carbocycles. The van der Waals surface area contributed by atoms with E-state index < -0.39 is 0 Å². The van der Waals surface area contributed by atoms with Crippen LogP contribution in [0.3, 0.4) is 0 Å². The normalized spacial score (nSPS) is 13.5. The maximum Gasteiger partial charge on any atom is 0.119 e. The van der Waals surface area contributed by atoms with Gasteiger partial charge < -0.3 is 11.5 Å². The molecule has 0 amide bonds. The third-order valence-corrected chi connectivity index (χ3v) is 2.54. The molecule has 1 aromatic carbocycles. The molecule has 1 aromatic rings. The predicted molar refractivity (Wildman–Crippen MR) is 65.3 cm³/mol. The van der Waals surface area contributed by atoms with E-state index >= 15 is 0 Å². The molecular formula is C11H7Cl2N3. The largest absolute Gasteiger partial charge is 0.391 e. The highest BCUT2D eigenvalue weighted by Gasteiger charge is 2.02. The van der Waals surface area contributed by atoms with E-state index in [1.54, 1.807) is 6.07 Å². The fourth-order valence-corrected chi connectivity index (χ4v) is 1.63. The minimum absolute atomic E-state index is 0.0160. The SMILES string of the molecule is C#CC(N)=c1cc(Cl)c(=C(N)C#N)cc1Cl. The summed E-state index contributed by atoms with van der Waals surface area (Å²) in [4.78, 5) is 0. The van der Waals surface area contributed by atoms with Gasteiger partial charge in [-0.3, -0.25) is 0 Å². The summed E-state index contributed by atoms with van der Waals surface area (Å²) < 4.78 is 0. The molecule has 4 N–H and O–H groups in total. The lowest BCUT2D eigenvalue weighted by Crippen LogP contribution is -2.20. The van der Waals surface area contributed by atoms with Gasteiger partial charge in [-0.1, -0.05) is 29.1 Å². The third kappa shape index (κ3) is 2.23. The van der Waals surface area contributed by atoms with Crippen LogP contribution in [0, 0.1) is 23.7 Å². The summed E-state index contributed by atoms with van der Waals surface area (Å²) in [6.45, 7) is 0. The van der Waals surface area contributed by atoms with Gasteiger partial charge in [-0.25, -0.2) is 0 Å². The number of hydrogen-bond acceptors (Lipinski definition) is 3. The van der Waals surface area contributed by atoms with Gasteiger partial charge in [0.15, 0.2) is 0 Å². The second kappa shape index (κ2) is 4.81. The number of halogens is 2. The zero-order valence-electron chi connectivity index (χ0n) is 8.09. The lowest BCUT2D eigenvalue weighted by Gasteiger charge is -1.99. The van der Waals surface area contributed by atoms with Crippen molar-refractivity contribution >= 4 is 34.6 Å². The Kier molecular flexibility index (Phi) is 3.68. The van der Waals surface area contributed by atoms with E-state index in [1.807, 2.05) is 0 Å². The number of nitriles is 1. The van der Waals surface area contributed by atoms with E-state index in [0.717, 1.165) is 0 Å². The fourth-order valence-electron chi connectivity index (χ4n) is 1.10. The van der Waals surface area contributed by atoms with E-state index in [4.69, 9.17) is 46.4 Å². The average molecular weight is 252 g/mol. The Bertz CT molecular complexity index is 575. The van der Waals surface area contributed by atoms with Gasteiger partial charge in [0, 0.05) is 10.4 Å². The molecule has 0 saturated carbocycles. The first-order valence-corrected chi connectivity index (χ1v) is 4.88. The highest BCUT2D eigenvalue weighted by molar-refractivity contribution is 6.33. The highest BCUT2D eigenvalue weighted by atomic mass is 35.5. The Labute approximate surface area is 103 Å². The second-order valence-electron chi connectivity index (χ2n) is 2.90. The van der Waals surface area contributed by atoms with Crippen molar-refractivity contribution in [3.63, 3.8) is 0 Å². The Morgan fingerprint density at radius 3 is 1.94 bits per heavy atom. The summed E-state index contributed by atoms with van der Waals surface area (Å²) in [5, 5.41) is 10.0. The van der Waals surface area contributed by atoms with E-state index in [-0.39, 0.29) is 16.4 Å². The van der Waals surface area contributed by atoms with Crippen molar-refractivity contribution < 1.29 is 0 Å². The van der Waals surface area contributed by atoms with Gasteiger partial charge in [-0.2, -0.15) is 5.26 Å². The van der Waals surface area contributed by atoms with Gasteiger partial charge in [0.05, 0.1) is 15.7 Å². The molecule has 0 spiro atoms. The standard InChI is InChI=1S/C11H7Cl2N3/c1-2-10(15)6-3-9(13)7(4-8(6)12)11(16)5-14/h1,3-4H,15-16H2. The molecule has 0 saturated heterocycles. The first-order chi connectivity index (χ1) is 7.51. The Morgan fingerprint density at radius 1 is 1.12 bits per heavy atom. The number of nitrogens with two attached hydrogens (primary N) is 2. The summed E-state index contributed by atoms with van der Waals surface area (Å²) in [6, 6.07) is 4.73. The predicted octanol–water partition coefficient (Wildman–Crippen LogP) is 0.284. The summed E-state index contributed by atoms with van der Waals surface area (Å²) >= 11 is 11.9. The van der Waals surface area contributed by atoms with Crippen LogP contribution in [0.25, 0.3) is 11.4 Å². The van der Waals surface area contributed by atoms with Crippen LogP contribution < -0.4 is 21.9 Å². The summed E-state index contributed by atoms with van der Waals surface area (Å²) in [5.41, 5.74) is 11.2. The quantitative estimate of drug-likeness (QED) is 0.651. The lowest BCUT2D eigenvalue weighted by molar-refractivity contribution is 1.43. The average Bonchev–Trinajstić information content (AvgIpc) is 2.29. The monoisotopic (exact) mass is 251 g/mol. The Hall–Kier alpha value is -1.81. The van der Waals surface area contributed by atoms with Crippen molar-refractivity contribution in [2.24, 2.45) is 11.5 Å². The summed E-state index contributed by atoms with van der Waals surface area (Å²) in [5.74, 6) is 2.26. The number of nitrogens with zero attached hydrogens (tertiary/aromatic N) is 1. The number of terminal acetylenes is 1. The number of benzene rings is 1. The number of hydrogen-bond donors (Lipinski definition) is 2. The van der Waals surface area contributed by atoms with Crippen molar-refractivity contribution in [2.75, 3.05) is 0 Å². The van der Waals surface area contributed by atoms with Crippen molar-refractivity contribution in [3.8, 4) is 18.4 Å². The Balaban J connectivity index is 3.82. The van der Waals surface area contributed by atoms with Gasteiger partial charge >= 0.3 is 0 Å². The van der Waals surface area contributed by atoms with Crippen LogP contribution in [0.2, 0.25) is 10.0 Å². The zero-order valence-corrected chi connectivity index (χ0v) is 9.60. The van der Waals surface area contributed by atoms with Crippen LogP contribution in [0.15, 0.2) is 12.1 Å². The fraction of sp³-hybridized carbons (Fsp3) is 0. The molecule has 0 fully saturated rings. The molecule has 16 heavy (non-hydrogen) atoms. The smallest absolute Gasteiger partial charge is 0.119 e. The van der Waals surface area contributed by atoms with Crippen LogP contribution in [0.4, 0.5) is 0 Å². The maximum absolute atomic E-state index is 8.65. The van der Waals surface area contributed by atoms with Crippen LogP contribution in [-0.4, -0.2) is 0 Å². The molecule has 0 heterocycles. The van der Waals surface area contributed by atoms with Gasteiger partial charge in [0.1, 0.15) is 11.8 Å². The molecule has 0 unspecified atom stereocenters. The van der Waals surface area contributed by atoms with Gasteiger partial charge in [0.25, 0.3) is 0 Å². The molecule has 0 atom stereocenters. The molecule has 0 radical (unpaired) electrons. The molecule has 0 bridgehead atoms. The highest BCUT2D eigenvalue weighted by Crippen LogP contribution is 2.05. The summed E-state index contributed by atoms with van der Waals surface area (Å²) in [7, 11) is 0. The van der Waals surface area contributed by atoms with Crippen molar-refractivity contribution in [3.05, 3.63) is 32.6 Å². The topological polar surface area (TPSA) is 75.8 Å². The first-order valence-electron chi connectivity index (χ1n) is 4.12. The van der Waals surface area contributed by atoms with Crippen LogP contribution in [0.5, 0.6) is 0 Å². The van der Waals surface area contributed by atoms with Crippen LogP contribution in [0.1, 0.15) is 0 Å². The first kappa shape index (κ1) is 12.3. The van der Waals surface area contributed by atoms with Gasteiger partial charge in [-0.15, -0.1) is 6.42 Å². The van der Waals surface area contributed by atoms with Crippen molar-refractivity contribution in [1.82, 2.24) is 0 Å². The minimum Gasteiger partial charge on any atom is -0.391 e. The molecule has 0 aromatic heterocycles. The van der Waals surface area contributed by atoms with Crippen LogP contribution in [-0.2, 0) is 0 Å². The molecule has 3 nitrogen and oxygen atoms in total. The lowest BCUT2D eigenvalue weighted by atomic mass is 10.2. The van der Waals surface area contributed by atoms with E-state index in [2.05, 4.69) is 5.92 Å². The van der Waals surface area contributed by atoms with E-state index in [1.165, 1.54) is 12.1 Å². The molecule has 5 heteroatoms. The third-order valence-electron chi connectivity index (χ3n) is 1.91. The van der Waals surface area contributed by atoms with E-state index in [0.29, 0.717) is 15.5 Å². The van der Waals surface area contributed by atoms with Gasteiger partial charge in [0.2, 0.25) is 0 Å². The maximum atomic E-state index is 8.65. The molecular weight excluding hydrogens is 245 g/mol. The molecule has 0 aliphatic heterocycles.